The van der Waals surface area contributed by atoms with E-state index in [4.69, 9.17) is 15.2 Å². The van der Waals surface area contributed by atoms with Crippen molar-refractivity contribution >= 4 is 17.6 Å². The van der Waals surface area contributed by atoms with Crippen molar-refractivity contribution in [2.45, 2.75) is 6.04 Å². The van der Waals surface area contributed by atoms with Gasteiger partial charge in [-0.25, -0.2) is 9.97 Å². The molecule has 0 unspecified atom stereocenters. The van der Waals surface area contributed by atoms with Crippen LogP contribution in [0.5, 0.6) is 11.5 Å². The van der Waals surface area contributed by atoms with Crippen LogP contribution in [0, 0.1) is 11.8 Å². The van der Waals surface area contributed by atoms with E-state index < -0.39 is 5.91 Å². The molecule has 1 aliphatic rings. The number of nitrogens with two attached hydrogens (primary N) is 1. The minimum Gasteiger partial charge on any atom is -0.497 e. The predicted molar refractivity (Wildman–Crippen MR) is 115 cm³/mol. The van der Waals surface area contributed by atoms with Gasteiger partial charge in [0.05, 0.1) is 26.5 Å². The number of nitrogens with zero attached hydrogens (tertiary/aromatic N) is 4. The second-order valence-corrected chi connectivity index (χ2v) is 6.85. The molecule has 0 aliphatic carbocycles. The van der Waals surface area contributed by atoms with Crippen LogP contribution in [0.2, 0.25) is 0 Å². The number of carbonyl (C=O) groups excluding carboxylic acids is 2. The summed E-state index contributed by atoms with van der Waals surface area (Å²) in [6, 6.07) is 5.28. The quantitative estimate of drug-likeness (QED) is 0.543. The molecule has 160 valence electrons. The molecule has 9 nitrogen and oxygen atoms in total. The van der Waals surface area contributed by atoms with Crippen LogP contribution in [-0.4, -0.2) is 67.1 Å². The maximum Gasteiger partial charge on any atom is 0.270 e. The Labute approximate surface area is 180 Å². The maximum absolute atomic E-state index is 11.8. The molecule has 3 rings (SSSR count). The van der Waals surface area contributed by atoms with Crippen LogP contribution in [-0.2, 0) is 4.79 Å². The number of amides is 2. The average Bonchev–Trinajstić information content (AvgIpc) is 2.75. The topological polar surface area (TPSA) is 111 Å². The van der Waals surface area contributed by atoms with Gasteiger partial charge in [0.15, 0.2) is 5.69 Å². The zero-order chi connectivity index (χ0) is 22.5. The molecule has 0 bridgehead atoms. The van der Waals surface area contributed by atoms with Crippen molar-refractivity contribution in [1.82, 2.24) is 14.9 Å². The summed E-state index contributed by atoms with van der Waals surface area (Å²) in [6.07, 6.45) is 2.76. The fourth-order valence-electron chi connectivity index (χ4n) is 3.02. The van der Waals surface area contributed by atoms with Gasteiger partial charge in [0.2, 0.25) is 5.91 Å². The highest BCUT2D eigenvalue weighted by Gasteiger charge is 2.33. The molecule has 1 aromatic carbocycles. The smallest absolute Gasteiger partial charge is 0.270 e. The summed E-state index contributed by atoms with van der Waals surface area (Å²) < 4.78 is 10.5. The molecule has 9 heteroatoms. The standard InChI is InChI=1S/C22H23N5O4/c1-5-20(28)27-12-15(13-27)26(2)19-11-24-21(22(23)29)18(25-19)7-6-14-8-16(30-3)10-17(9-14)31-4/h5,8-11,15H,1,12-13H2,2-4H3,(H2,23,29). The Morgan fingerprint density at radius 1 is 1.23 bits per heavy atom. The van der Waals surface area contributed by atoms with E-state index in [1.165, 1.54) is 12.3 Å². The van der Waals surface area contributed by atoms with Gasteiger partial charge in [-0.15, -0.1) is 0 Å². The Hall–Kier alpha value is -4.06. The molecule has 2 N–H and O–H groups in total. The molecule has 2 aromatic rings. The number of likely N-dealkylation sites (N-methyl/N-ethyl adjacent to an activating group) is 1. The molecule has 1 aliphatic heterocycles. The van der Waals surface area contributed by atoms with Crippen molar-refractivity contribution in [3.8, 4) is 23.3 Å². The van der Waals surface area contributed by atoms with Gasteiger partial charge in [-0.3, -0.25) is 9.59 Å². The van der Waals surface area contributed by atoms with Gasteiger partial charge in [0, 0.05) is 31.8 Å². The Kier molecular flexibility index (Phi) is 6.40. The molecule has 0 radical (unpaired) electrons. The second-order valence-electron chi connectivity index (χ2n) is 6.85. The lowest BCUT2D eigenvalue weighted by Crippen LogP contribution is -2.60. The van der Waals surface area contributed by atoms with Gasteiger partial charge in [0.1, 0.15) is 23.0 Å². The third kappa shape index (κ3) is 4.75. The van der Waals surface area contributed by atoms with Crippen molar-refractivity contribution in [3.05, 3.63) is 54.0 Å². The largest absolute Gasteiger partial charge is 0.497 e. The number of anilines is 1. The van der Waals surface area contributed by atoms with Gasteiger partial charge in [-0.05, 0) is 24.1 Å². The fraction of sp³-hybridized carbons (Fsp3) is 0.273. The van der Waals surface area contributed by atoms with Crippen LogP contribution in [0.4, 0.5) is 5.82 Å². The third-order valence-corrected chi connectivity index (χ3v) is 4.93. The number of ether oxygens (including phenoxy) is 2. The number of benzene rings is 1. The maximum atomic E-state index is 11.8. The fourth-order valence-corrected chi connectivity index (χ4v) is 3.02. The number of primary amides is 1. The molecule has 0 saturated carbocycles. The molecule has 0 spiro atoms. The summed E-state index contributed by atoms with van der Waals surface area (Å²) >= 11 is 0. The van der Waals surface area contributed by atoms with E-state index in [0.717, 1.165) is 0 Å². The summed E-state index contributed by atoms with van der Waals surface area (Å²) in [5.41, 5.74) is 6.21. The van der Waals surface area contributed by atoms with Crippen LogP contribution in [0.3, 0.4) is 0 Å². The number of hydrogen-bond acceptors (Lipinski definition) is 7. The number of likely N-dealkylation sites (tertiary alicyclic amines) is 1. The van der Waals surface area contributed by atoms with Gasteiger partial charge >= 0.3 is 0 Å². The normalized spacial score (nSPS) is 12.8. The first-order chi connectivity index (χ1) is 14.9. The zero-order valence-electron chi connectivity index (χ0n) is 17.6. The lowest BCUT2D eigenvalue weighted by molar-refractivity contribution is -0.130. The molecular weight excluding hydrogens is 398 g/mol. The summed E-state index contributed by atoms with van der Waals surface area (Å²) in [6.45, 7) is 4.59. The molecule has 1 fully saturated rings. The molecule has 0 atom stereocenters. The van der Waals surface area contributed by atoms with Crippen molar-refractivity contribution in [2.75, 3.05) is 39.3 Å². The number of rotatable bonds is 6. The van der Waals surface area contributed by atoms with Crippen LogP contribution in [0.25, 0.3) is 0 Å². The lowest BCUT2D eigenvalue weighted by Gasteiger charge is -2.43. The van der Waals surface area contributed by atoms with Gasteiger partial charge in [0.25, 0.3) is 5.91 Å². The minimum absolute atomic E-state index is 0.0171. The van der Waals surface area contributed by atoms with Gasteiger partial charge in [-0.1, -0.05) is 12.5 Å². The molecular formula is C22H23N5O4. The lowest BCUT2D eigenvalue weighted by atomic mass is 10.1. The van der Waals surface area contributed by atoms with E-state index in [9.17, 15) is 9.59 Å². The second kappa shape index (κ2) is 9.17. The number of aromatic nitrogens is 2. The Morgan fingerprint density at radius 2 is 1.87 bits per heavy atom. The van der Waals surface area contributed by atoms with Crippen LogP contribution >= 0.6 is 0 Å². The summed E-state index contributed by atoms with van der Waals surface area (Å²) in [5.74, 6) is 6.69. The molecule has 1 aromatic heterocycles. The van der Waals surface area contributed by atoms with E-state index in [2.05, 4.69) is 28.4 Å². The highest BCUT2D eigenvalue weighted by atomic mass is 16.5. The minimum atomic E-state index is -0.722. The van der Waals surface area contributed by atoms with Crippen molar-refractivity contribution < 1.29 is 19.1 Å². The van der Waals surface area contributed by atoms with Crippen LogP contribution in [0.1, 0.15) is 21.7 Å². The zero-order valence-corrected chi connectivity index (χ0v) is 17.6. The predicted octanol–water partition coefficient (Wildman–Crippen LogP) is 0.825. The van der Waals surface area contributed by atoms with E-state index in [1.54, 1.807) is 37.3 Å². The molecule has 1 saturated heterocycles. The average molecular weight is 421 g/mol. The van der Waals surface area contributed by atoms with E-state index in [1.807, 2.05) is 11.9 Å². The highest BCUT2D eigenvalue weighted by Crippen LogP contribution is 2.23. The van der Waals surface area contributed by atoms with Crippen molar-refractivity contribution in [2.24, 2.45) is 5.73 Å². The van der Waals surface area contributed by atoms with Crippen molar-refractivity contribution in [1.29, 1.82) is 0 Å². The highest BCUT2D eigenvalue weighted by molar-refractivity contribution is 5.93. The summed E-state index contributed by atoms with van der Waals surface area (Å²) in [7, 11) is 4.94. The number of hydrogen-bond donors (Lipinski definition) is 1. The number of carbonyl (C=O) groups is 2. The Morgan fingerprint density at radius 3 is 2.42 bits per heavy atom. The van der Waals surface area contributed by atoms with Crippen LogP contribution in [0.15, 0.2) is 37.1 Å². The van der Waals surface area contributed by atoms with Gasteiger partial charge in [-0.2, -0.15) is 0 Å². The monoisotopic (exact) mass is 421 g/mol. The van der Waals surface area contributed by atoms with E-state index in [0.29, 0.717) is 36.0 Å². The van der Waals surface area contributed by atoms with E-state index in [-0.39, 0.29) is 23.3 Å². The molecule has 2 heterocycles. The first kappa shape index (κ1) is 21.6. The third-order valence-electron chi connectivity index (χ3n) is 4.93. The van der Waals surface area contributed by atoms with Crippen LogP contribution < -0.4 is 20.1 Å². The Bertz CT molecular complexity index is 1060. The van der Waals surface area contributed by atoms with Gasteiger partial charge < -0.3 is 25.0 Å². The van der Waals surface area contributed by atoms with E-state index >= 15 is 0 Å². The summed E-state index contributed by atoms with van der Waals surface area (Å²) in [5, 5.41) is 0. The SMILES string of the molecule is C=CC(=O)N1CC(N(C)c2cnc(C(N)=O)c(C#Cc3cc(OC)cc(OC)c3)n2)C1. The molecule has 2 amide bonds. The summed E-state index contributed by atoms with van der Waals surface area (Å²) in [4.78, 5) is 35.7. The first-order valence-corrected chi connectivity index (χ1v) is 9.42. The van der Waals surface area contributed by atoms with Crippen molar-refractivity contribution in [3.63, 3.8) is 0 Å². The first-order valence-electron chi connectivity index (χ1n) is 9.42. The number of methoxy groups -OCH3 is 2. The Balaban J connectivity index is 1.89. The molecule has 31 heavy (non-hydrogen) atoms.